The third kappa shape index (κ3) is 3.16. The van der Waals surface area contributed by atoms with Gasteiger partial charge in [0.15, 0.2) is 0 Å². The van der Waals surface area contributed by atoms with Crippen molar-refractivity contribution >= 4 is 0 Å². The Morgan fingerprint density at radius 3 is 2.79 bits per heavy atom. The highest BCUT2D eigenvalue weighted by molar-refractivity contribution is 4.98. The lowest BCUT2D eigenvalue weighted by Crippen LogP contribution is -2.39. The molecule has 0 unspecified atom stereocenters. The van der Waals surface area contributed by atoms with E-state index < -0.39 is 0 Å². The lowest BCUT2D eigenvalue weighted by Gasteiger charge is -2.37. The minimum Gasteiger partial charge on any atom is -0.313 e. The lowest BCUT2D eigenvalue weighted by molar-refractivity contribution is 0.174. The molecule has 2 aliphatic carbocycles. The van der Waals surface area contributed by atoms with Crippen LogP contribution in [0.5, 0.6) is 0 Å². The van der Waals surface area contributed by atoms with Crippen molar-refractivity contribution in [1.29, 1.82) is 0 Å². The second-order valence-electron chi connectivity index (χ2n) is 6.38. The van der Waals surface area contributed by atoms with Gasteiger partial charge in [-0.05, 0) is 38.0 Å². The van der Waals surface area contributed by atoms with E-state index in [-0.39, 0.29) is 0 Å². The highest BCUT2D eigenvalue weighted by Crippen LogP contribution is 2.39. The Hall–Kier alpha value is -0.900. The SMILES string of the molecule is CCn1ncnc1CC1(CNC2CC2)CCCCC1. The molecule has 0 aromatic carbocycles. The van der Waals surface area contributed by atoms with E-state index in [4.69, 9.17) is 0 Å². The van der Waals surface area contributed by atoms with Gasteiger partial charge in [0.05, 0.1) is 0 Å². The van der Waals surface area contributed by atoms with Gasteiger partial charge in [-0.2, -0.15) is 5.10 Å². The minimum atomic E-state index is 0.431. The van der Waals surface area contributed by atoms with Crippen LogP contribution in [0.2, 0.25) is 0 Å². The Morgan fingerprint density at radius 2 is 2.11 bits per heavy atom. The Morgan fingerprint density at radius 1 is 1.32 bits per heavy atom. The van der Waals surface area contributed by atoms with E-state index in [0.29, 0.717) is 5.41 Å². The van der Waals surface area contributed by atoms with E-state index in [0.717, 1.165) is 19.0 Å². The number of nitrogens with zero attached hydrogens (tertiary/aromatic N) is 3. The average molecular weight is 262 g/mol. The Balaban J connectivity index is 1.70. The van der Waals surface area contributed by atoms with Crippen molar-refractivity contribution < 1.29 is 0 Å². The summed E-state index contributed by atoms with van der Waals surface area (Å²) in [6.07, 6.45) is 12.4. The fraction of sp³-hybridized carbons (Fsp3) is 0.867. The Kier molecular flexibility index (Phi) is 3.87. The molecular weight excluding hydrogens is 236 g/mol. The van der Waals surface area contributed by atoms with E-state index in [1.165, 1.54) is 57.3 Å². The molecule has 0 atom stereocenters. The highest BCUT2D eigenvalue weighted by atomic mass is 15.3. The van der Waals surface area contributed by atoms with Crippen LogP contribution in [0.25, 0.3) is 0 Å². The maximum Gasteiger partial charge on any atom is 0.138 e. The molecule has 0 aliphatic heterocycles. The van der Waals surface area contributed by atoms with Gasteiger partial charge in [0.2, 0.25) is 0 Å². The molecule has 1 N–H and O–H groups in total. The van der Waals surface area contributed by atoms with Crippen LogP contribution in [0.15, 0.2) is 6.33 Å². The molecule has 4 heteroatoms. The summed E-state index contributed by atoms with van der Waals surface area (Å²) in [7, 11) is 0. The zero-order valence-electron chi connectivity index (χ0n) is 12.1. The van der Waals surface area contributed by atoms with Crippen LogP contribution < -0.4 is 5.32 Å². The van der Waals surface area contributed by atoms with Crippen molar-refractivity contribution in [2.45, 2.75) is 70.9 Å². The molecule has 1 aromatic heterocycles. The summed E-state index contributed by atoms with van der Waals surface area (Å²) in [5, 5.41) is 8.08. The van der Waals surface area contributed by atoms with Crippen molar-refractivity contribution in [1.82, 2.24) is 20.1 Å². The van der Waals surface area contributed by atoms with Crippen molar-refractivity contribution in [3.63, 3.8) is 0 Å². The predicted molar refractivity (Wildman–Crippen MR) is 75.9 cm³/mol. The van der Waals surface area contributed by atoms with E-state index in [1.807, 2.05) is 0 Å². The fourth-order valence-electron chi connectivity index (χ4n) is 3.39. The summed E-state index contributed by atoms with van der Waals surface area (Å²) in [5.41, 5.74) is 0.431. The Bertz CT molecular complexity index is 402. The number of nitrogens with one attached hydrogen (secondary N) is 1. The molecule has 3 rings (SSSR count). The standard InChI is InChI=1S/C15H26N4/c1-2-19-14(17-12-18-19)10-15(8-4-3-5-9-15)11-16-13-6-7-13/h12-13,16H,2-11H2,1H3. The molecule has 0 spiro atoms. The first-order valence-corrected chi connectivity index (χ1v) is 7.91. The first kappa shape index (κ1) is 13.1. The first-order chi connectivity index (χ1) is 9.31. The molecular formula is C15H26N4. The highest BCUT2D eigenvalue weighted by Gasteiger charge is 2.35. The van der Waals surface area contributed by atoms with Crippen LogP contribution in [0.3, 0.4) is 0 Å². The molecule has 19 heavy (non-hydrogen) atoms. The van der Waals surface area contributed by atoms with Gasteiger partial charge in [0.25, 0.3) is 0 Å². The predicted octanol–water partition coefficient (Wildman–Crippen LogP) is 2.54. The molecule has 0 amide bonds. The number of hydrogen-bond acceptors (Lipinski definition) is 3. The maximum atomic E-state index is 4.49. The summed E-state index contributed by atoms with van der Waals surface area (Å²) in [4.78, 5) is 4.49. The van der Waals surface area contributed by atoms with Crippen LogP contribution in [0.1, 0.15) is 57.7 Å². The first-order valence-electron chi connectivity index (χ1n) is 7.91. The maximum absolute atomic E-state index is 4.49. The second-order valence-corrected chi connectivity index (χ2v) is 6.38. The molecule has 1 aromatic rings. The fourth-order valence-corrected chi connectivity index (χ4v) is 3.39. The van der Waals surface area contributed by atoms with Gasteiger partial charge in [0, 0.05) is 25.6 Å². The zero-order chi connectivity index (χ0) is 13.1. The van der Waals surface area contributed by atoms with Gasteiger partial charge in [-0.15, -0.1) is 0 Å². The van der Waals surface area contributed by atoms with Crippen LogP contribution in [0, 0.1) is 5.41 Å². The van der Waals surface area contributed by atoms with Crippen molar-refractivity contribution in [3.05, 3.63) is 12.2 Å². The molecule has 2 aliphatic rings. The van der Waals surface area contributed by atoms with E-state index in [2.05, 4.69) is 27.0 Å². The molecule has 1 heterocycles. The molecule has 4 nitrogen and oxygen atoms in total. The second kappa shape index (κ2) is 5.61. The molecule has 2 saturated carbocycles. The molecule has 2 fully saturated rings. The number of rotatable bonds is 6. The number of hydrogen-bond donors (Lipinski definition) is 1. The third-order valence-corrected chi connectivity index (χ3v) is 4.79. The molecule has 106 valence electrons. The molecule has 0 bridgehead atoms. The van der Waals surface area contributed by atoms with Crippen molar-refractivity contribution in [3.8, 4) is 0 Å². The summed E-state index contributed by atoms with van der Waals surface area (Å²) < 4.78 is 2.06. The largest absolute Gasteiger partial charge is 0.313 e. The van der Waals surface area contributed by atoms with Crippen LogP contribution >= 0.6 is 0 Å². The zero-order valence-corrected chi connectivity index (χ0v) is 12.1. The van der Waals surface area contributed by atoms with Crippen LogP contribution in [0.4, 0.5) is 0 Å². The monoisotopic (exact) mass is 262 g/mol. The lowest BCUT2D eigenvalue weighted by atomic mass is 9.71. The van der Waals surface area contributed by atoms with Crippen molar-refractivity contribution in [2.24, 2.45) is 5.41 Å². The van der Waals surface area contributed by atoms with E-state index in [1.54, 1.807) is 6.33 Å². The molecule has 0 saturated heterocycles. The third-order valence-electron chi connectivity index (χ3n) is 4.79. The van der Waals surface area contributed by atoms with Gasteiger partial charge in [-0.1, -0.05) is 19.3 Å². The number of aryl methyl sites for hydroxylation is 1. The quantitative estimate of drug-likeness (QED) is 0.856. The van der Waals surface area contributed by atoms with Gasteiger partial charge in [0.1, 0.15) is 12.2 Å². The average Bonchev–Trinajstić information content (AvgIpc) is 3.17. The number of aromatic nitrogens is 3. The van der Waals surface area contributed by atoms with Gasteiger partial charge in [-0.3, -0.25) is 4.68 Å². The minimum absolute atomic E-state index is 0.431. The molecule has 0 radical (unpaired) electrons. The van der Waals surface area contributed by atoms with Crippen molar-refractivity contribution in [2.75, 3.05) is 6.54 Å². The van der Waals surface area contributed by atoms with E-state index >= 15 is 0 Å². The topological polar surface area (TPSA) is 42.7 Å². The normalized spacial score (nSPS) is 22.6. The van der Waals surface area contributed by atoms with Gasteiger partial charge >= 0.3 is 0 Å². The van der Waals surface area contributed by atoms with Gasteiger partial charge < -0.3 is 5.32 Å². The summed E-state index contributed by atoms with van der Waals surface area (Å²) in [5.74, 6) is 1.18. The summed E-state index contributed by atoms with van der Waals surface area (Å²) in [6.45, 7) is 4.25. The Labute approximate surface area is 116 Å². The summed E-state index contributed by atoms with van der Waals surface area (Å²) in [6, 6.07) is 0.808. The van der Waals surface area contributed by atoms with Gasteiger partial charge in [-0.25, -0.2) is 4.98 Å². The van der Waals surface area contributed by atoms with E-state index in [9.17, 15) is 0 Å². The smallest absolute Gasteiger partial charge is 0.138 e. The van der Waals surface area contributed by atoms with Crippen LogP contribution in [-0.2, 0) is 13.0 Å². The summed E-state index contributed by atoms with van der Waals surface area (Å²) >= 11 is 0. The van der Waals surface area contributed by atoms with Crippen LogP contribution in [-0.4, -0.2) is 27.4 Å².